The second-order valence-electron chi connectivity index (χ2n) is 5.99. The van der Waals surface area contributed by atoms with Crippen molar-refractivity contribution in [2.45, 2.75) is 25.4 Å². The van der Waals surface area contributed by atoms with Crippen molar-refractivity contribution in [2.75, 3.05) is 0 Å². The molecular weight excluding hydrogens is 330 g/mol. The highest BCUT2D eigenvalue weighted by atomic mass is 19.1. The fourth-order valence-electron chi connectivity index (χ4n) is 2.55. The van der Waals surface area contributed by atoms with Crippen LogP contribution in [0.2, 0.25) is 0 Å². The molecule has 3 aromatic rings. The van der Waals surface area contributed by atoms with Gasteiger partial charge >= 0.3 is 5.97 Å². The van der Waals surface area contributed by atoms with Crippen LogP contribution in [0.1, 0.15) is 18.1 Å². The zero-order valence-corrected chi connectivity index (χ0v) is 13.4. The van der Waals surface area contributed by atoms with Crippen molar-refractivity contribution in [2.24, 2.45) is 0 Å². The lowest BCUT2D eigenvalue weighted by atomic mass is 10.0. The van der Waals surface area contributed by atoms with E-state index in [9.17, 15) is 18.7 Å². The number of halogens is 2. The largest absolute Gasteiger partial charge is 0.479 e. The molecule has 0 radical (unpaired) electrons. The molecule has 0 bridgehead atoms. The Kier molecular flexibility index (Phi) is 4.35. The lowest BCUT2D eigenvalue weighted by molar-refractivity contribution is -0.148. The van der Waals surface area contributed by atoms with Gasteiger partial charge in [-0.25, -0.2) is 13.6 Å². The van der Waals surface area contributed by atoms with Crippen molar-refractivity contribution in [1.29, 1.82) is 0 Å². The standard InChI is InChI=1S/C17H16F2N4O2/c1-17(16(24)25,11-22-6-2-5-20-22)23-10-12(9-21-23)7-13-3-4-14(18)8-15(13)19/h2-6,8-10H,7,11H2,1H3,(H,24,25). The maximum Gasteiger partial charge on any atom is 0.333 e. The molecule has 0 amide bonds. The third kappa shape index (κ3) is 3.42. The Morgan fingerprint density at radius 3 is 2.76 bits per heavy atom. The molecule has 1 atom stereocenters. The maximum atomic E-state index is 13.8. The zero-order valence-electron chi connectivity index (χ0n) is 13.4. The minimum atomic E-state index is -1.36. The Morgan fingerprint density at radius 1 is 1.32 bits per heavy atom. The first kappa shape index (κ1) is 16.8. The number of carbonyl (C=O) groups is 1. The number of aromatic nitrogens is 4. The van der Waals surface area contributed by atoms with E-state index < -0.39 is 23.1 Å². The van der Waals surface area contributed by atoms with Crippen LogP contribution in [0.4, 0.5) is 8.78 Å². The molecule has 8 heteroatoms. The highest BCUT2D eigenvalue weighted by Crippen LogP contribution is 2.21. The number of hydrogen-bond donors (Lipinski definition) is 1. The van der Waals surface area contributed by atoms with Gasteiger partial charge in [-0.1, -0.05) is 6.07 Å². The van der Waals surface area contributed by atoms with Crippen molar-refractivity contribution in [1.82, 2.24) is 19.6 Å². The molecular formula is C17H16F2N4O2. The third-order valence-electron chi connectivity index (χ3n) is 4.04. The number of carboxylic acid groups (broad SMARTS) is 1. The Hall–Kier alpha value is -3.03. The van der Waals surface area contributed by atoms with Crippen molar-refractivity contribution in [3.8, 4) is 0 Å². The van der Waals surface area contributed by atoms with Crippen LogP contribution in [0.25, 0.3) is 0 Å². The quantitative estimate of drug-likeness (QED) is 0.744. The van der Waals surface area contributed by atoms with Crippen LogP contribution in [0.3, 0.4) is 0 Å². The van der Waals surface area contributed by atoms with E-state index in [0.717, 1.165) is 6.07 Å². The molecule has 0 aliphatic heterocycles. The number of carboxylic acids is 1. The van der Waals surface area contributed by atoms with Gasteiger partial charge < -0.3 is 5.11 Å². The molecule has 0 fully saturated rings. The van der Waals surface area contributed by atoms with Crippen molar-refractivity contribution in [3.05, 3.63) is 71.8 Å². The topological polar surface area (TPSA) is 72.9 Å². The Bertz CT molecular complexity index is 892. The molecule has 0 aliphatic carbocycles. The third-order valence-corrected chi connectivity index (χ3v) is 4.04. The summed E-state index contributed by atoms with van der Waals surface area (Å²) < 4.78 is 29.6. The summed E-state index contributed by atoms with van der Waals surface area (Å²) in [6.45, 7) is 1.62. The van der Waals surface area contributed by atoms with Crippen molar-refractivity contribution < 1.29 is 18.7 Å². The minimum Gasteiger partial charge on any atom is -0.479 e. The van der Waals surface area contributed by atoms with Crippen molar-refractivity contribution in [3.63, 3.8) is 0 Å². The Labute approximate surface area is 142 Å². The van der Waals surface area contributed by atoms with E-state index >= 15 is 0 Å². The molecule has 3 rings (SSSR count). The van der Waals surface area contributed by atoms with Crippen LogP contribution in [0.15, 0.2) is 49.1 Å². The Morgan fingerprint density at radius 2 is 2.12 bits per heavy atom. The van der Waals surface area contributed by atoms with Crippen LogP contribution in [0, 0.1) is 11.6 Å². The zero-order chi connectivity index (χ0) is 18.0. The van der Waals surface area contributed by atoms with Crippen molar-refractivity contribution >= 4 is 5.97 Å². The van der Waals surface area contributed by atoms with E-state index in [4.69, 9.17) is 0 Å². The average molecular weight is 346 g/mol. The molecule has 1 aromatic carbocycles. The Balaban J connectivity index is 1.86. The SMILES string of the molecule is CC(Cn1cccn1)(C(=O)O)n1cc(Cc2ccc(F)cc2F)cn1. The van der Waals surface area contributed by atoms with Gasteiger partial charge in [0, 0.05) is 31.1 Å². The summed E-state index contributed by atoms with van der Waals surface area (Å²) in [5.74, 6) is -2.36. The van der Waals surface area contributed by atoms with Gasteiger partial charge in [0.05, 0.1) is 12.7 Å². The first-order valence-electron chi connectivity index (χ1n) is 7.57. The number of nitrogens with zero attached hydrogens (tertiary/aromatic N) is 4. The van der Waals surface area contributed by atoms with Crippen LogP contribution in [0.5, 0.6) is 0 Å². The second-order valence-corrected chi connectivity index (χ2v) is 5.99. The molecule has 1 unspecified atom stereocenters. The number of benzene rings is 1. The van der Waals surface area contributed by atoms with E-state index in [0.29, 0.717) is 11.1 Å². The minimum absolute atomic E-state index is 0.0847. The maximum absolute atomic E-state index is 13.8. The smallest absolute Gasteiger partial charge is 0.333 e. The first-order chi connectivity index (χ1) is 11.9. The predicted molar refractivity (Wildman–Crippen MR) is 84.9 cm³/mol. The summed E-state index contributed by atoms with van der Waals surface area (Å²) in [6, 6.07) is 5.07. The molecule has 1 N–H and O–H groups in total. The van der Waals surface area contributed by atoms with Crippen LogP contribution in [-0.2, 0) is 23.3 Å². The van der Waals surface area contributed by atoms with E-state index in [1.165, 1.54) is 34.6 Å². The molecule has 0 aliphatic rings. The molecule has 2 aromatic heterocycles. The molecule has 2 heterocycles. The summed E-state index contributed by atoms with van der Waals surface area (Å²) in [5, 5.41) is 17.8. The normalized spacial score (nSPS) is 13.6. The summed E-state index contributed by atoms with van der Waals surface area (Å²) >= 11 is 0. The van der Waals surface area contributed by atoms with E-state index in [-0.39, 0.29) is 13.0 Å². The molecule has 130 valence electrons. The van der Waals surface area contributed by atoms with Crippen LogP contribution < -0.4 is 0 Å². The lowest BCUT2D eigenvalue weighted by Gasteiger charge is -2.25. The number of rotatable bonds is 6. The summed E-state index contributed by atoms with van der Waals surface area (Å²) in [5.41, 5.74) is -0.422. The fraction of sp³-hybridized carbons (Fsp3) is 0.235. The predicted octanol–water partition coefficient (Wildman–Crippen LogP) is 2.45. The van der Waals surface area contributed by atoms with Gasteiger partial charge in [-0.3, -0.25) is 9.36 Å². The highest BCUT2D eigenvalue weighted by molar-refractivity contribution is 5.76. The molecule has 25 heavy (non-hydrogen) atoms. The lowest BCUT2D eigenvalue weighted by Crippen LogP contribution is -2.43. The van der Waals surface area contributed by atoms with Gasteiger partial charge in [0.25, 0.3) is 0 Å². The summed E-state index contributed by atoms with van der Waals surface area (Å²) in [6.07, 6.45) is 6.45. The second kappa shape index (κ2) is 6.46. The monoisotopic (exact) mass is 346 g/mol. The van der Waals surface area contributed by atoms with Gasteiger partial charge in [-0.05, 0) is 30.2 Å². The fourth-order valence-corrected chi connectivity index (χ4v) is 2.55. The van der Waals surface area contributed by atoms with Gasteiger partial charge in [0.2, 0.25) is 0 Å². The molecule has 0 saturated heterocycles. The van der Waals surface area contributed by atoms with Gasteiger partial charge in [0.15, 0.2) is 5.54 Å². The molecule has 6 nitrogen and oxygen atoms in total. The number of aliphatic carboxylic acids is 1. The van der Waals surface area contributed by atoms with Crippen LogP contribution in [-0.4, -0.2) is 30.6 Å². The van der Waals surface area contributed by atoms with Gasteiger partial charge in [-0.2, -0.15) is 10.2 Å². The van der Waals surface area contributed by atoms with E-state index in [2.05, 4.69) is 10.2 Å². The highest BCUT2D eigenvalue weighted by Gasteiger charge is 2.37. The first-order valence-corrected chi connectivity index (χ1v) is 7.57. The molecule has 0 saturated carbocycles. The van der Waals surface area contributed by atoms with E-state index in [1.54, 1.807) is 24.7 Å². The summed E-state index contributed by atoms with van der Waals surface area (Å²) in [4.78, 5) is 11.8. The van der Waals surface area contributed by atoms with Gasteiger partial charge in [-0.15, -0.1) is 0 Å². The van der Waals surface area contributed by atoms with Crippen LogP contribution >= 0.6 is 0 Å². The number of hydrogen-bond acceptors (Lipinski definition) is 3. The summed E-state index contributed by atoms with van der Waals surface area (Å²) in [7, 11) is 0. The molecule has 0 spiro atoms. The van der Waals surface area contributed by atoms with Gasteiger partial charge in [0.1, 0.15) is 11.6 Å². The average Bonchev–Trinajstić information content (AvgIpc) is 3.21. The van der Waals surface area contributed by atoms with E-state index in [1.807, 2.05) is 0 Å².